The number of hydrogen-bond donors (Lipinski definition) is 1. The van der Waals surface area contributed by atoms with Gasteiger partial charge >= 0.3 is 5.69 Å². The van der Waals surface area contributed by atoms with Crippen LogP contribution in [-0.2, 0) is 21.1 Å². The molecular weight excluding hydrogens is 414 g/mol. The topological polar surface area (TPSA) is 116 Å². The smallest absolute Gasteiger partial charge is 0.332 e. The highest BCUT2D eigenvalue weighted by atomic mass is 16.5. The Bertz CT molecular complexity index is 1290. The van der Waals surface area contributed by atoms with Gasteiger partial charge in [0, 0.05) is 27.7 Å². The Kier molecular flexibility index (Phi) is 6.84. The highest BCUT2D eigenvalue weighted by Gasteiger charge is 2.16. The fraction of sp³-hybridized carbons (Fsp3) is 0.318. The van der Waals surface area contributed by atoms with Crippen molar-refractivity contribution in [1.82, 2.24) is 18.7 Å². The molecule has 0 saturated carbocycles. The van der Waals surface area contributed by atoms with Crippen LogP contribution in [0.15, 0.2) is 33.9 Å². The van der Waals surface area contributed by atoms with Gasteiger partial charge in [-0.15, -0.1) is 0 Å². The van der Waals surface area contributed by atoms with Gasteiger partial charge in [0.1, 0.15) is 12.4 Å². The van der Waals surface area contributed by atoms with Crippen LogP contribution in [0.5, 0.6) is 17.2 Å². The molecular formula is C22H27N5O5. The van der Waals surface area contributed by atoms with Crippen LogP contribution in [-0.4, -0.2) is 46.1 Å². The molecule has 0 aliphatic carbocycles. The molecule has 0 atom stereocenters. The molecule has 0 aliphatic heterocycles. The zero-order chi connectivity index (χ0) is 23.4. The van der Waals surface area contributed by atoms with Gasteiger partial charge in [-0.2, -0.15) is 0 Å². The van der Waals surface area contributed by atoms with Gasteiger partial charge in [-0.3, -0.25) is 13.9 Å². The van der Waals surface area contributed by atoms with E-state index < -0.39 is 11.2 Å². The summed E-state index contributed by atoms with van der Waals surface area (Å²) in [5.74, 6) is 2.01. The minimum atomic E-state index is -0.428. The summed E-state index contributed by atoms with van der Waals surface area (Å²) in [4.78, 5) is 29.2. The minimum Gasteiger partial charge on any atom is -0.493 e. The molecule has 32 heavy (non-hydrogen) atoms. The van der Waals surface area contributed by atoms with Crippen molar-refractivity contribution >= 4 is 23.3 Å². The Morgan fingerprint density at radius 2 is 1.62 bits per heavy atom. The Labute approximate surface area is 184 Å². The Morgan fingerprint density at radius 3 is 2.22 bits per heavy atom. The summed E-state index contributed by atoms with van der Waals surface area (Å²) in [6.45, 7) is 0.760. The van der Waals surface area contributed by atoms with E-state index in [1.54, 1.807) is 57.2 Å². The first-order valence-electron chi connectivity index (χ1n) is 9.88. The third-order valence-electron chi connectivity index (χ3n) is 5.04. The number of methoxy groups -OCH3 is 2. The van der Waals surface area contributed by atoms with E-state index in [1.807, 2.05) is 12.2 Å². The Balaban J connectivity index is 2.02. The van der Waals surface area contributed by atoms with Crippen molar-refractivity contribution < 1.29 is 14.2 Å². The molecule has 0 unspecified atom stereocenters. The summed E-state index contributed by atoms with van der Waals surface area (Å²) in [6, 6.07) is 3.61. The van der Waals surface area contributed by atoms with Gasteiger partial charge in [-0.25, -0.2) is 9.78 Å². The molecule has 170 valence electrons. The number of imidazole rings is 1. The molecule has 0 bridgehead atoms. The van der Waals surface area contributed by atoms with Crippen molar-refractivity contribution in [2.24, 2.45) is 26.9 Å². The fourth-order valence-electron chi connectivity index (χ4n) is 3.29. The van der Waals surface area contributed by atoms with E-state index in [-0.39, 0.29) is 0 Å². The average molecular weight is 441 g/mol. The number of aryl methyl sites for hydroxylation is 2. The van der Waals surface area contributed by atoms with Gasteiger partial charge in [0.25, 0.3) is 5.56 Å². The second kappa shape index (κ2) is 9.56. The molecule has 2 aromatic heterocycles. The second-order valence-corrected chi connectivity index (χ2v) is 7.01. The summed E-state index contributed by atoms with van der Waals surface area (Å²) in [5.41, 5.74) is 6.07. The predicted octanol–water partition coefficient (Wildman–Crippen LogP) is 1.05. The van der Waals surface area contributed by atoms with Crippen LogP contribution >= 0.6 is 0 Å². The lowest BCUT2D eigenvalue weighted by molar-refractivity contribution is 0.300. The van der Waals surface area contributed by atoms with Crippen molar-refractivity contribution in [1.29, 1.82) is 0 Å². The monoisotopic (exact) mass is 441 g/mol. The lowest BCUT2D eigenvalue weighted by Gasteiger charge is -2.14. The SMILES string of the molecule is COc1cc(C=Cc2nc3c(c(=O)n(C)c(=O)n3C)n2C)cc(OC)c1OC/C=C/CN. The van der Waals surface area contributed by atoms with E-state index in [0.717, 1.165) is 10.1 Å². The van der Waals surface area contributed by atoms with Crippen molar-refractivity contribution in [3.8, 4) is 17.2 Å². The molecule has 3 aromatic rings. The van der Waals surface area contributed by atoms with E-state index in [9.17, 15) is 9.59 Å². The van der Waals surface area contributed by atoms with Crippen LogP contribution < -0.4 is 31.2 Å². The van der Waals surface area contributed by atoms with E-state index in [1.165, 1.54) is 11.6 Å². The molecule has 1 aromatic carbocycles. The molecule has 0 spiro atoms. The average Bonchev–Trinajstić information content (AvgIpc) is 3.13. The predicted molar refractivity (Wildman–Crippen MR) is 123 cm³/mol. The van der Waals surface area contributed by atoms with Crippen molar-refractivity contribution in [2.45, 2.75) is 0 Å². The molecule has 2 N–H and O–H groups in total. The zero-order valence-electron chi connectivity index (χ0n) is 18.8. The number of aromatic nitrogens is 4. The maximum atomic E-state index is 12.5. The summed E-state index contributed by atoms with van der Waals surface area (Å²) < 4.78 is 20.8. The number of rotatable bonds is 8. The molecule has 10 nitrogen and oxygen atoms in total. The first kappa shape index (κ1) is 22.9. The van der Waals surface area contributed by atoms with E-state index in [4.69, 9.17) is 19.9 Å². The Hall–Kier alpha value is -3.79. The van der Waals surface area contributed by atoms with Crippen molar-refractivity contribution in [2.75, 3.05) is 27.4 Å². The van der Waals surface area contributed by atoms with Crippen molar-refractivity contribution in [3.63, 3.8) is 0 Å². The number of benzene rings is 1. The van der Waals surface area contributed by atoms with Gasteiger partial charge in [-0.1, -0.05) is 18.2 Å². The largest absolute Gasteiger partial charge is 0.493 e. The number of ether oxygens (including phenoxy) is 3. The standard InChI is InChI=1S/C22H27N5O5/c1-25-17(24-20-18(25)21(28)27(3)22(29)26(20)2)9-8-14-12-15(30-4)19(16(13-14)31-5)32-11-7-6-10-23/h6-9,12-13H,10-11,23H2,1-5H3/b7-6+,9-8?. The number of nitrogens with two attached hydrogens (primary N) is 1. The number of nitrogens with zero attached hydrogens (tertiary/aromatic N) is 4. The summed E-state index contributed by atoms with van der Waals surface area (Å²) in [7, 11) is 7.86. The zero-order valence-corrected chi connectivity index (χ0v) is 18.8. The van der Waals surface area contributed by atoms with Crippen molar-refractivity contribution in [3.05, 3.63) is 56.5 Å². The molecule has 10 heteroatoms. The lowest BCUT2D eigenvalue weighted by atomic mass is 10.1. The first-order valence-corrected chi connectivity index (χ1v) is 9.88. The normalized spacial score (nSPS) is 11.7. The first-order chi connectivity index (χ1) is 15.3. The van der Waals surface area contributed by atoms with Crippen LogP contribution in [0.3, 0.4) is 0 Å². The third kappa shape index (κ3) is 4.17. The number of fused-ring (bicyclic) bond motifs is 1. The molecule has 0 fully saturated rings. The Morgan fingerprint density at radius 1 is 0.969 bits per heavy atom. The molecule has 3 rings (SSSR count). The van der Waals surface area contributed by atoms with Crippen LogP contribution in [0.2, 0.25) is 0 Å². The third-order valence-corrected chi connectivity index (χ3v) is 5.04. The number of hydrogen-bond acceptors (Lipinski definition) is 7. The van der Waals surface area contributed by atoms with E-state index in [2.05, 4.69) is 4.98 Å². The maximum absolute atomic E-state index is 12.5. The van der Waals surface area contributed by atoms with Gasteiger partial charge in [0.05, 0.1) is 14.2 Å². The minimum absolute atomic E-state index is 0.324. The molecule has 0 radical (unpaired) electrons. The van der Waals surface area contributed by atoms with Gasteiger partial charge in [0.2, 0.25) is 5.75 Å². The summed E-state index contributed by atoms with van der Waals surface area (Å²) in [6.07, 6.45) is 7.18. The van der Waals surface area contributed by atoms with E-state index in [0.29, 0.717) is 47.4 Å². The quantitative estimate of drug-likeness (QED) is 0.520. The lowest BCUT2D eigenvalue weighted by Crippen LogP contribution is -2.37. The highest BCUT2D eigenvalue weighted by molar-refractivity contribution is 5.77. The van der Waals surface area contributed by atoms with Gasteiger partial charge in [0.15, 0.2) is 22.7 Å². The molecule has 0 saturated heterocycles. The molecule has 0 amide bonds. The highest BCUT2D eigenvalue weighted by Crippen LogP contribution is 2.39. The van der Waals surface area contributed by atoms with E-state index >= 15 is 0 Å². The summed E-state index contributed by atoms with van der Waals surface area (Å²) in [5, 5.41) is 0. The molecule has 0 aliphatic rings. The van der Waals surface area contributed by atoms with Crippen LogP contribution in [0.25, 0.3) is 23.3 Å². The van der Waals surface area contributed by atoms with Crippen LogP contribution in [0, 0.1) is 0 Å². The van der Waals surface area contributed by atoms with Crippen LogP contribution in [0.1, 0.15) is 11.4 Å². The maximum Gasteiger partial charge on any atom is 0.332 e. The second-order valence-electron chi connectivity index (χ2n) is 7.01. The molecule has 2 heterocycles. The fourth-order valence-corrected chi connectivity index (χ4v) is 3.29. The van der Waals surface area contributed by atoms with Gasteiger partial charge < -0.3 is 24.5 Å². The van der Waals surface area contributed by atoms with Crippen LogP contribution in [0.4, 0.5) is 0 Å². The van der Waals surface area contributed by atoms with Gasteiger partial charge in [-0.05, 0) is 23.8 Å². The summed E-state index contributed by atoms with van der Waals surface area (Å²) >= 11 is 0.